The van der Waals surface area contributed by atoms with Gasteiger partial charge in [0, 0.05) is 31.0 Å². The van der Waals surface area contributed by atoms with E-state index in [1.165, 1.54) is 18.3 Å². The lowest BCUT2D eigenvalue weighted by atomic mass is 10.1. The summed E-state index contributed by atoms with van der Waals surface area (Å²) in [5.41, 5.74) is 2.80. The van der Waals surface area contributed by atoms with Crippen molar-refractivity contribution >= 4 is 17.5 Å². The van der Waals surface area contributed by atoms with Gasteiger partial charge in [-0.05, 0) is 47.9 Å². The number of carbonyl (C=O) groups excluding carboxylic acids is 2. The normalized spacial score (nSPS) is 10.3. The number of para-hydroxylation sites is 1. The van der Waals surface area contributed by atoms with E-state index in [0.717, 1.165) is 11.1 Å². The molecule has 3 rings (SSSR count). The van der Waals surface area contributed by atoms with E-state index < -0.39 is 0 Å². The minimum absolute atomic E-state index is 0.113. The summed E-state index contributed by atoms with van der Waals surface area (Å²) >= 11 is 0. The fourth-order valence-corrected chi connectivity index (χ4v) is 2.68. The molecule has 0 bridgehead atoms. The Morgan fingerprint density at radius 3 is 2.50 bits per heavy atom. The van der Waals surface area contributed by atoms with Crippen molar-refractivity contribution in [2.75, 3.05) is 5.32 Å². The van der Waals surface area contributed by atoms with Gasteiger partial charge in [-0.3, -0.25) is 14.6 Å². The van der Waals surface area contributed by atoms with E-state index in [4.69, 9.17) is 0 Å². The van der Waals surface area contributed by atoms with E-state index in [-0.39, 0.29) is 17.6 Å². The molecule has 0 aliphatic carbocycles. The standard InChI is InChI=1S/C22H20FN3O2/c23-19-10-7-16(8-11-19)9-12-21(27)25-15-17-4-1-2-6-20(17)26-22(28)18-5-3-13-24-14-18/h1-8,10-11,13-14H,9,12,15H2,(H,25,27)(H,26,28). The second-order valence-electron chi connectivity index (χ2n) is 6.26. The predicted octanol–water partition coefficient (Wildman–Crippen LogP) is 3.72. The number of aryl methyl sites for hydroxylation is 1. The van der Waals surface area contributed by atoms with E-state index in [0.29, 0.717) is 30.6 Å². The van der Waals surface area contributed by atoms with Crippen molar-refractivity contribution in [2.24, 2.45) is 0 Å². The van der Waals surface area contributed by atoms with Crippen molar-refractivity contribution in [1.29, 1.82) is 0 Å². The number of hydrogen-bond acceptors (Lipinski definition) is 3. The van der Waals surface area contributed by atoms with Gasteiger partial charge in [-0.2, -0.15) is 0 Å². The Morgan fingerprint density at radius 1 is 0.964 bits per heavy atom. The molecule has 1 aromatic heterocycles. The first-order valence-electron chi connectivity index (χ1n) is 8.92. The highest BCUT2D eigenvalue weighted by Gasteiger charge is 2.10. The summed E-state index contributed by atoms with van der Waals surface area (Å²) < 4.78 is 12.9. The maximum atomic E-state index is 12.9. The zero-order chi connectivity index (χ0) is 19.8. The van der Waals surface area contributed by atoms with Crippen LogP contribution in [0.1, 0.15) is 27.9 Å². The summed E-state index contributed by atoms with van der Waals surface area (Å²) in [6, 6.07) is 16.8. The Labute approximate surface area is 162 Å². The average Bonchev–Trinajstić information content (AvgIpc) is 2.73. The van der Waals surface area contributed by atoms with Crippen molar-refractivity contribution in [3.05, 3.63) is 95.6 Å². The van der Waals surface area contributed by atoms with Gasteiger partial charge in [-0.15, -0.1) is 0 Å². The van der Waals surface area contributed by atoms with Crippen LogP contribution >= 0.6 is 0 Å². The molecule has 28 heavy (non-hydrogen) atoms. The molecule has 0 aliphatic heterocycles. The molecule has 0 radical (unpaired) electrons. The second kappa shape index (κ2) is 9.41. The molecule has 0 atom stereocenters. The largest absolute Gasteiger partial charge is 0.352 e. The lowest BCUT2D eigenvalue weighted by Crippen LogP contribution is -2.24. The van der Waals surface area contributed by atoms with Crippen LogP contribution < -0.4 is 10.6 Å². The third-order valence-electron chi connectivity index (χ3n) is 4.22. The van der Waals surface area contributed by atoms with Crippen LogP contribution in [-0.2, 0) is 17.8 Å². The molecule has 2 aromatic carbocycles. The number of nitrogens with one attached hydrogen (secondary N) is 2. The lowest BCUT2D eigenvalue weighted by molar-refractivity contribution is -0.121. The summed E-state index contributed by atoms with van der Waals surface area (Å²) in [5, 5.41) is 5.71. The van der Waals surface area contributed by atoms with E-state index >= 15 is 0 Å². The molecule has 0 aliphatic rings. The van der Waals surface area contributed by atoms with Gasteiger partial charge >= 0.3 is 0 Å². The third kappa shape index (κ3) is 5.48. The van der Waals surface area contributed by atoms with E-state index in [2.05, 4.69) is 15.6 Å². The highest BCUT2D eigenvalue weighted by molar-refractivity contribution is 6.04. The van der Waals surface area contributed by atoms with Gasteiger partial charge in [0.05, 0.1) is 5.56 Å². The molecule has 2 amide bonds. The first-order chi connectivity index (χ1) is 13.6. The maximum Gasteiger partial charge on any atom is 0.257 e. The van der Waals surface area contributed by atoms with Gasteiger partial charge in [0.1, 0.15) is 5.82 Å². The number of carbonyl (C=O) groups is 2. The van der Waals surface area contributed by atoms with Crippen LogP contribution in [0.2, 0.25) is 0 Å². The van der Waals surface area contributed by atoms with Crippen LogP contribution in [0.4, 0.5) is 10.1 Å². The number of nitrogens with zero attached hydrogens (tertiary/aromatic N) is 1. The predicted molar refractivity (Wildman–Crippen MR) is 105 cm³/mol. The molecule has 0 saturated carbocycles. The first kappa shape index (κ1) is 19.2. The number of hydrogen-bond donors (Lipinski definition) is 2. The Hall–Kier alpha value is -3.54. The fourth-order valence-electron chi connectivity index (χ4n) is 2.68. The maximum absolute atomic E-state index is 12.9. The smallest absolute Gasteiger partial charge is 0.257 e. The van der Waals surface area contributed by atoms with Crippen molar-refractivity contribution in [3.8, 4) is 0 Å². The summed E-state index contributed by atoms with van der Waals surface area (Å²) in [7, 11) is 0. The van der Waals surface area contributed by atoms with Gasteiger partial charge in [-0.1, -0.05) is 30.3 Å². The molecule has 2 N–H and O–H groups in total. The molecular formula is C22H20FN3O2. The molecule has 5 nitrogen and oxygen atoms in total. The van der Waals surface area contributed by atoms with E-state index in [1.807, 2.05) is 18.2 Å². The number of rotatable bonds is 7. The SMILES string of the molecule is O=C(CCc1ccc(F)cc1)NCc1ccccc1NC(=O)c1cccnc1. The van der Waals surface area contributed by atoms with Crippen molar-refractivity contribution in [2.45, 2.75) is 19.4 Å². The van der Waals surface area contributed by atoms with Crippen molar-refractivity contribution in [3.63, 3.8) is 0 Å². The molecule has 0 unspecified atom stereocenters. The van der Waals surface area contributed by atoms with Gasteiger partial charge in [0.2, 0.25) is 5.91 Å². The Balaban J connectivity index is 1.55. The number of anilines is 1. The molecule has 0 saturated heterocycles. The monoisotopic (exact) mass is 377 g/mol. The van der Waals surface area contributed by atoms with E-state index in [1.54, 1.807) is 36.5 Å². The van der Waals surface area contributed by atoms with Crippen molar-refractivity contribution < 1.29 is 14.0 Å². The van der Waals surface area contributed by atoms with Crippen LogP contribution in [0.15, 0.2) is 73.1 Å². The quantitative estimate of drug-likeness (QED) is 0.659. The lowest BCUT2D eigenvalue weighted by Gasteiger charge is -2.12. The number of benzene rings is 2. The topological polar surface area (TPSA) is 71.1 Å². The van der Waals surface area contributed by atoms with Gasteiger partial charge in [0.15, 0.2) is 0 Å². The Kier molecular flexibility index (Phi) is 6.46. The minimum atomic E-state index is -0.293. The van der Waals surface area contributed by atoms with Crippen LogP contribution in [0, 0.1) is 5.82 Å². The second-order valence-corrected chi connectivity index (χ2v) is 6.26. The molecular weight excluding hydrogens is 357 g/mol. The van der Waals surface area contributed by atoms with Gasteiger partial charge < -0.3 is 10.6 Å². The molecule has 0 fully saturated rings. The molecule has 3 aromatic rings. The molecule has 1 heterocycles. The Bertz CT molecular complexity index is 944. The summed E-state index contributed by atoms with van der Waals surface area (Å²) in [5.74, 6) is -0.668. The zero-order valence-corrected chi connectivity index (χ0v) is 15.2. The molecule has 0 spiro atoms. The number of halogens is 1. The average molecular weight is 377 g/mol. The zero-order valence-electron chi connectivity index (χ0n) is 15.2. The summed E-state index contributed by atoms with van der Waals surface area (Å²) in [6.45, 7) is 0.297. The molecule has 6 heteroatoms. The van der Waals surface area contributed by atoms with E-state index in [9.17, 15) is 14.0 Å². The van der Waals surface area contributed by atoms with Crippen LogP contribution in [-0.4, -0.2) is 16.8 Å². The van der Waals surface area contributed by atoms with Gasteiger partial charge in [0.25, 0.3) is 5.91 Å². The van der Waals surface area contributed by atoms with Crippen LogP contribution in [0.5, 0.6) is 0 Å². The van der Waals surface area contributed by atoms with Crippen molar-refractivity contribution in [1.82, 2.24) is 10.3 Å². The van der Waals surface area contributed by atoms with Crippen LogP contribution in [0.25, 0.3) is 0 Å². The minimum Gasteiger partial charge on any atom is -0.352 e. The number of pyridine rings is 1. The number of amides is 2. The number of aromatic nitrogens is 1. The Morgan fingerprint density at radius 2 is 1.75 bits per heavy atom. The third-order valence-corrected chi connectivity index (χ3v) is 4.22. The van der Waals surface area contributed by atoms with Gasteiger partial charge in [-0.25, -0.2) is 4.39 Å². The highest BCUT2D eigenvalue weighted by Crippen LogP contribution is 2.16. The first-order valence-corrected chi connectivity index (χ1v) is 8.92. The fraction of sp³-hybridized carbons (Fsp3) is 0.136. The highest BCUT2D eigenvalue weighted by atomic mass is 19.1. The molecule has 142 valence electrons. The summed E-state index contributed by atoms with van der Waals surface area (Å²) in [4.78, 5) is 28.4. The summed E-state index contributed by atoms with van der Waals surface area (Å²) in [6.07, 6.45) is 3.93. The van der Waals surface area contributed by atoms with Crippen LogP contribution in [0.3, 0.4) is 0 Å².